The number of carbonyl (C=O) groups is 3. The lowest BCUT2D eigenvalue weighted by Gasteiger charge is -2.16. The summed E-state index contributed by atoms with van der Waals surface area (Å²) in [6, 6.07) is 15.3. The van der Waals surface area contributed by atoms with Crippen molar-refractivity contribution in [3.63, 3.8) is 0 Å². The van der Waals surface area contributed by atoms with Gasteiger partial charge >= 0.3 is 11.9 Å². The number of hydrogen-bond donors (Lipinski definition) is 4. The number of nitrogens with one attached hydrogen (secondary N) is 1. The molecule has 0 saturated carbocycles. The molecule has 0 fully saturated rings. The highest BCUT2D eigenvalue weighted by Gasteiger charge is 2.22. The second kappa shape index (κ2) is 11.2. The fraction of sp³-hybridized carbons (Fsp3) is 0.286. The topological polar surface area (TPSA) is 124 Å². The SMILES string of the molecule is O=C(O)c1cccc(CC(CCCSC(C(=O)NO)c2ccccc2)C(=O)O)c1. The van der Waals surface area contributed by atoms with Gasteiger partial charge < -0.3 is 10.2 Å². The van der Waals surface area contributed by atoms with E-state index >= 15 is 0 Å². The van der Waals surface area contributed by atoms with Crippen LogP contribution in [0.15, 0.2) is 54.6 Å². The normalized spacial score (nSPS) is 12.7. The summed E-state index contributed by atoms with van der Waals surface area (Å²) in [6.07, 6.45) is 1.19. The van der Waals surface area contributed by atoms with Crippen molar-refractivity contribution >= 4 is 29.6 Å². The molecule has 1 amide bonds. The van der Waals surface area contributed by atoms with E-state index in [0.717, 1.165) is 5.56 Å². The van der Waals surface area contributed by atoms with Gasteiger partial charge in [0.2, 0.25) is 0 Å². The van der Waals surface area contributed by atoms with Crippen molar-refractivity contribution in [1.29, 1.82) is 0 Å². The van der Waals surface area contributed by atoms with Crippen LogP contribution in [-0.2, 0) is 16.0 Å². The van der Waals surface area contributed by atoms with Crippen LogP contribution in [0.5, 0.6) is 0 Å². The molecule has 29 heavy (non-hydrogen) atoms. The molecule has 0 radical (unpaired) electrons. The van der Waals surface area contributed by atoms with E-state index in [4.69, 9.17) is 10.3 Å². The minimum atomic E-state index is -1.05. The van der Waals surface area contributed by atoms with Crippen molar-refractivity contribution in [2.75, 3.05) is 5.75 Å². The van der Waals surface area contributed by atoms with Crippen LogP contribution in [0.2, 0.25) is 0 Å². The first-order chi connectivity index (χ1) is 13.9. The Hall–Kier alpha value is -2.84. The van der Waals surface area contributed by atoms with Crippen LogP contribution in [0.4, 0.5) is 0 Å². The molecule has 0 aromatic heterocycles. The smallest absolute Gasteiger partial charge is 0.335 e. The molecular weight excluding hydrogens is 394 g/mol. The van der Waals surface area contributed by atoms with Gasteiger partial charge in [-0.1, -0.05) is 42.5 Å². The Bertz CT molecular complexity index is 842. The van der Waals surface area contributed by atoms with Crippen molar-refractivity contribution in [3.05, 3.63) is 71.3 Å². The van der Waals surface area contributed by atoms with E-state index in [1.165, 1.54) is 23.9 Å². The Morgan fingerprint density at radius 2 is 1.72 bits per heavy atom. The quantitative estimate of drug-likeness (QED) is 0.251. The monoisotopic (exact) mass is 417 g/mol. The standard InChI is InChI=1S/C21H23NO6S/c23-19(22-28)18(15-7-2-1-3-8-15)29-11-5-10-17(21(26)27)13-14-6-4-9-16(12-14)20(24)25/h1-4,6-9,12,17-18,28H,5,10-11,13H2,(H,22,23)(H,24,25)(H,26,27). The van der Waals surface area contributed by atoms with Crippen molar-refractivity contribution in [2.24, 2.45) is 5.92 Å². The van der Waals surface area contributed by atoms with Gasteiger partial charge in [0.15, 0.2) is 0 Å². The average molecular weight is 417 g/mol. The zero-order valence-electron chi connectivity index (χ0n) is 15.7. The van der Waals surface area contributed by atoms with Gasteiger partial charge in [0.05, 0.1) is 11.5 Å². The van der Waals surface area contributed by atoms with Crippen LogP contribution in [0, 0.1) is 5.92 Å². The summed E-state index contributed by atoms with van der Waals surface area (Å²) >= 11 is 1.33. The van der Waals surface area contributed by atoms with Crippen molar-refractivity contribution in [3.8, 4) is 0 Å². The molecular formula is C21H23NO6S. The van der Waals surface area contributed by atoms with Gasteiger partial charge in [-0.2, -0.15) is 0 Å². The van der Waals surface area contributed by atoms with Crippen molar-refractivity contribution in [2.45, 2.75) is 24.5 Å². The minimum absolute atomic E-state index is 0.128. The lowest BCUT2D eigenvalue weighted by molar-refractivity contribution is -0.142. The molecule has 0 aliphatic rings. The van der Waals surface area contributed by atoms with E-state index < -0.39 is 29.0 Å². The van der Waals surface area contributed by atoms with Crippen LogP contribution in [0.1, 0.15) is 39.6 Å². The van der Waals surface area contributed by atoms with Gasteiger partial charge in [0.1, 0.15) is 5.25 Å². The molecule has 7 nitrogen and oxygen atoms in total. The predicted molar refractivity (Wildman–Crippen MR) is 109 cm³/mol. The molecule has 0 aliphatic heterocycles. The Kier molecular flexibility index (Phi) is 8.69. The Morgan fingerprint density at radius 3 is 2.34 bits per heavy atom. The minimum Gasteiger partial charge on any atom is -0.481 e. The lowest BCUT2D eigenvalue weighted by atomic mass is 9.94. The molecule has 2 unspecified atom stereocenters. The fourth-order valence-corrected chi connectivity index (χ4v) is 4.09. The molecule has 2 aromatic rings. The number of thioether (sulfide) groups is 1. The zero-order valence-corrected chi connectivity index (χ0v) is 16.5. The predicted octanol–water partition coefficient (Wildman–Crippen LogP) is 3.39. The van der Waals surface area contributed by atoms with E-state index in [1.807, 2.05) is 6.07 Å². The number of carbonyl (C=O) groups excluding carboxylic acids is 1. The van der Waals surface area contributed by atoms with E-state index in [1.54, 1.807) is 41.9 Å². The number of carboxylic acids is 2. The van der Waals surface area contributed by atoms with Crippen LogP contribution < -0.4 is 5.48 Å². The molecule has 0 heterocycles. The van der Waals surface area contributed by atoms with E-state index in [-0.39, 0.29) is 12.0 Å². The average Bonchev–Trinajstić information content (AvgIpc) is 2.73. The highest BCUT2D eigenvalue weighted by Crippen LogP contribution is 2.30. The molecule has 4 N–H and O–H groups in total. The van der Waals surface area contributed by atoms with Crippen LogP contribution in [-0.4, -0.2) is 39.0 Å². The third kappa shape index (κ3) is 6.92. The summed E-state index contributed by atoms with van der Waals surface area (Å²) in [5.74, 6) is -2.64. The maximum absolute atomic E-state index is 12.0. The summed E-state index contributed by atoms with van der Waals surface area (Å²) in [6.45, 7) is 0. The van der Waals surface area contributed by atoms with E-state index in [2.05, 4.69) is 0 Å². The first-order valence-corrected chi connectivity index (χ1v) is 10.1. The third-order valence-electron chi connectivity index (χ3n) is 4.44. The molecule has 154 valence electrons. The summed E-state index contributed by atoms with van der Waals surface area (Å²) in [5.41, 5.74) is 3.22. The van der Waals surface area contributed by atoms with Gasteiger partial charge in [-0.3, -0.25) is 14.8 Å². The van der Waals surface area contributed by atoms with E-state index in [9.17, 15) is 19.5 Å². The second-order valence-electron chi connectivity index (χ2n) is 6.52. The molecule has 0 bridgehead atoms. The largest absolute Gasteiger partial charge is 0.481 e. The molecule has 8 heteroatoms. The molecule has 2 aromatic carbocycles. The van der Waals surface area contributed by atoms with Gasteiger partial charge in [-0.25, -0.2) is 10.3 Å². The first kappa shape index (κ1) is 22.4. The van der Waals surface area contributed by atoms with Gasteiger partial charge in [0, 0.05) is 0 Å². The van der Waals surface area contributed by atoms with Crippen molar-refractivity contribution < 1.29 is 29.8 Å². The third-order valence-corrected chi connectivity index (χ3v) is 5.78. The zero-order chi connectivity index (χ0) is 21.2. The highest BCUT2D eigenvalue weighted by atomic mass is 32.2. The van der Waals surface area contributed by atoms with Crippen molar-refractivity contribution in [1.82, 2.24) is 5.48 Å². The number of benzene rings is 2. The van der Waals surface area contributed by atoms with Crippen LogP contribution >= 0.6 is 11.8 Å². The summed E-state index contributed by atoms with van der Waals surface area (Å²) in [7, 11) is 0. The number of hydrogen-bond acceptors (Lipinski definition) is 5. The Labute approximate surface area is 172 Å². The fourth-order valence-electron chi connectivity index (χ4n) is 2.97. The summed E-state index contributed by atoms with van der Waals surface area (Å²) in [5, 5.41) is 27.0. The summed E-state index contributed by atoms with van der Waals surface area (Å²) in [4.78, 5) is 34.6. The Balaban J connectivity index is 1.93. The molecule has 0 aliphatic carbocycles. The van der Waals surface area contributed by atoms with Crippen LogP contribution in [0.25, 0.3) is 0 Å². The number of amides is 1. The number of aromatic carboxylic acids is 1. The van der Waals surface area contributed by atoms with Crippen LogP contribution in [0.3, 0.4) is 0 Å². The molecule has 0 spiro atoms. The van der Waals surface area contributed by atoms with Gasteiger partial charge in [-0.15, -0.1) is 11.8 Å². The van der Waals surface area contributed by atoms with Gasteiger partial charge in [0.25, 0.3) is 5.91 Å². The molecule has 2 atom stereocenters. The highest BCUT2D eigenvalue weighted by molar-refractivity contribution is 8.00. The number of carboxylic acid groups (broad SMARTS) is 2. The molecule has 2 rings (SSSR count). The molecule has 0 saturated heterocycles. The van der Waals surface area contributed by atoms with E-state index in [0.29, 0.717) is 24.2 Å². The van der Waals surface area contributed by atoms with Gasteiger partial charge in [-0.05, 0) is 48.3 Å². The summed E-state index contributed by atoms with van der Waals surface area (Å²) < 4.78 is 0. The first-order valence-electron chi connectivity index (χ1n) is 9.08. The number of rotatable bonds is 11. The lowest BCUT2D eigenvalue weighted by Crippen LogP contribution is -2.25. The second-order valence-corrected chi connectivity index (χ2v) is 7.74. The number of aliphatic carboxylic acids is 1. The maximum atomic E-state index is 12.0. The Morgan fingerprint density at radius 1 is 1.00 bits per heavy atom. The number of hydroxylamine groups is 1. The maximum Gasteiger partial charge on any atom is 0.335 e.